The van der Waals surface area contributed by atoms with Crippen LogP contribution in [0.3, 0.4) is 0 Å². The number of thiazole rings is 1. The van der Waals surface area contributed by atoms with Crippen molar-refractivity contribution < 1.29 is 23.6 Å². The second kappa shape index (κ2) is 11.6. The number of nitro benzene ring substituents is 1. The van der Waals surface area contributed by atoms with Crippen LogP contribution in [0.4, 0.5) is 5.69 Å². The van der Waals surface area contributed by atoms with Crippen LogP contribution in [-0.4, -0.2) is 29.2 Å². The molecule has 0 amide bonds. The van der Waals surface area contributed by atoms with Gasteiger partial charge in [-0.3, -0.25) is 19.5 Å². The summed E-state index contributed by atoms with van der Waals surface area (Å²) < 4.78 is 19.0. The second-order valence-electron chi connectivity index (χ2n) is 9.83. The van der Waals surface area contributed by atoms with Crippen LogP contribution in [0.1, 0.15) is 31.2 Å². The Kier molecular flexibility index (Phi) is 7.66. The van der Waals surface area contributed by atoms with Gasteiger partial charge in [0.25, 0.3) is 11.2 Å². The van der Waals surface area contributed by atoms with Crippen molar-refractivity contribution in [3.05, 3.63) is 124 Å². The zero-order valence-corrected chi connectivity index (χ0v) is 25.3. The van der Waals surface area contributed by atoms with E-state index in [0.717, 1.165) is 22.1 Å². The second-order valence-corrected chi connectivity index (χ2v) is 11.2. The van der Waals surface area contributed by atoms with Gasteiger partial charge in [0, 0.05) is 29.3 Å². The minimum Gasteiger partial charge on any atom is -0.496 e. The van der Waals surface area contributed by atoms with Gasteiger partial charge in [-0.1, -0.05) is 53.3 Å². The monoisotopic (exact) mass is 629 g/mol. The first-order valence-corrected chi connectivity index (χ1v) is 14.7. The van der Waals surface area contributed by atoms with Gasteiger partial charge in [-0.2, -0.15) is 0 Å². The zero-order valence-electron chi connectivity index (χ0n) is 23.7. The van der Waals surface area contributed by atoms with Crippen molar-refractivity contribution in [2.24, 2.45) is 4.99 Å². The van der Waals surface area contributed by atoms with Gasteiger partial charge in [0.1, 0.15) is 23.3 Å². The fourth-order valence-electron chi connectivity index (χ4n) is 5.32. The number of aromatic nitrogens is 1. The van der Waals surface area contributed by atoms with Gasteiger partial charge in [-0.25, -0.2) is 9.79 Å². The zero-order chi connectivity index (χ0) is 31.1. The number of benzene rings is 3. The number of non-ortho nitro benzene ring substituents is 1. The van der Waals surface area contributed by atoms with E-state index in [1.54, 1.807) is 39.2 Å². The quantitative estimate of drug-likeness (QED) is 0.127. The Morgan fingerprint density at radius 3 is 2.70 bits per heavy atom. The van der Waals surface area contributed by atoms with Crippen molar-refractivity contribution in [1.29, 1.82) is 0 Å². The smallest absolute Gasteiger partial charge is 0.338 e. The third kappa shape index (κ3) is 4.99. The Balaban J connectivity index is 1.53. The SMILES string of the molecule is CCOC(=O)C1=C(C)N=c2s/c(=C/c3ccc(-c4ccc([N+](=O)[O-])cc4Cl)o3)c(=O)n2[C@@H]1c1c(OC)ccc2ccccc12. The van der Waals surface area contributed by atoms with Crippen molar-refractivity contribution in [2.75, 3.05) is 13.7 Å². The van der Waals surface area contributed by atoms with Crippen LogP contribution < -0.4 is 19.6 Å². The van der Waals surface area contributed by atoms with Crippen LogP contribution in [0.5, 0.6) is 5.75 Å². The normalized spacial score (nSPS) is 14.8. The minimum atomic E-state index is -0.875. The van der Waals surface area contributed by atoms with Crippen LogP contribution in [0.25, 0.3) is 28.2 Å². The van der Waals surface area contributed by atoms with E-state index in [0.29, 0.717) is 43.4 Å². The summed E-state index contributed by atoms with van der Waals surface area (Å²) in [5, 5.41) is 13.0. The Morgan fingerprint density at radius 2 is 1.98 bits per heavy atom. The molecule has 3 heterocycles. The number of methoxy groups -OCH3 is 1. The molecule has 0 N–H and O–H groups in total. The summed E-state index contributed by atoms with van der Waals surface area (Å²) in [6.07, 6.45) is 1.59. The molecule has 0 unspecified atom stereocenters. The highest BCUT2D eigenvalue weighted by molar-refractivity contribution is 7.07. The first-order chi connectivity index (χ1) is 21.2. The number of furan rings is 1. The van der Waals surface area contributed by atoms with Crippen molar-refractivity contribution in [3.63, 3.8) is 0 Å². The summed E-state index contributed by atoms with van der Waals surface area (Å²) in [6.45, 7) is 3.59. The van der Waals surface area contributed by atoms with Gasteiger partial charge in [-0.05, 0) is 48.9 Å². The molecule has 12 heteroatoms. The number of allylic oxidation sites excluding steroid dienone is 1. The van der Waals surface area contributed by atoms with Crippen molar-refractivity contribution in [1.82, 2.24) is 4.57 Å². The number of halogens is 1. The summed E-state index contributed by atoms with van der Waals surface area (Å²) in [5.41, 5.74) is 1.27. The van der Waals surface area contributed by atoms with E-state index in [2.05, 4.69) is 4.99 Å². The largest absolute Gasteiger partial charge is 0.496 e. The topological polar surface area (TPSA) is 126 Å². The van der Waals surface area contributed by atoms with E-state index in [4.69, 9.17) is 25.5 Å². The molecule has 0 fully saturated rings. The van der Waals surface area contributed by atoms with Crippen molar-refractivity contribution in [3.8, 4) is 17.1 Å². The molecule has 10 nitrogen and oxygen atoms in total. The molecule has 0 radical (unpaired) electrons. The lowest BCUT2D eigenvalue weighted by molar-refractivity contribution is -0.384. The van der Waals surface area contributed by atoms with Crippen LogP contribution in [0, 0.1) is 10.1 Å². The first-order valence-electron chi connectivity index (χ1n) is 13.5. The number of nitro groups is 1. The highest BCUT2D eigenvalue weighted by Gasteiger charge is 2.36. The van der Waals surface area contributed by atoms with Crippen LogP contribution >= 0.6 is 22.9 Å². The van der Waals surface area contributed by atoms with Gasteiger partial charge in [0.05, 0.1) is 39.5 Å². The van der Waals surface area contributed by atoms with Gasteiger partial charge >= 0.3 is 5.97 Å². The molecule has 2 aromatic heterocycles. The molecule has 1 aliphatic rings. The van der Waals surface area contributed by atoms with Crippen molar-refractivity contribution >= 4 is 51.4 Å². The van der Waals surface area contributed by atoms with Gasteiger partial charge in [-0.15, -0.1) is 0 Å². The molecular weight excluding hydrogens is 606 g/mol. The summed E-state index contributed by atoms with van der Waals surface area (Å²) in [6, 6.07) is 18.0. The van der Waals surface area contributed by atoms with Crippen LogP contribution in [-0.2, 0) is 9.53 Å². The summed E-state index contributed by atoms with van der Waals surface area (Å²) >= 11 is 7.45. The van der Waals surface area contributed by atoms with Gasteiger partial charge in [0.2, 0.25) is 0 Å². The number of esters is 1. The lowest BCUT2D eigenvalue weighted by Gasteiger charge is -2.27. The molecule has 0 saturated carbocycles. The molecule has 222 valence electrons. The van der Waals surface area contributed by atoms with Crippen LogP contribution in [0.2, 0.25) is 5.02 Å². The lowest BCUT2D eigenvalue weighted by Crippen LogP contribution is -2.40. The molecular formula is C32H24ClN3O7S. The molecule has 0 aliphatic carbocycles. The Hall–Kier alpha value is -5.00. The molecule has 0 spiro atoms. The number of rotatable bonds is 7. The summed E-state index contributed by atoms with van der Waals surface area (Å²) in [5.74, 6) is 0.678. The molecule has 5 aromatic rings. The number of carbonyl (C=O) groups excluding carboxylic acids is 1. The predicted molar refractivity (Wildman–Crippen MR) is 167 cm³/mol. The summed E-state index contributed by atoms with van der Waals surface area (Å²) in [4.78, 5) is 43.2. The van der Waals surface area contributed by atoms with E-state index in [-0.39, 0.29) is 28.4 Å². The lowest BCUT2D eigenvalue weighted by atomic mass is 9.90. The number of ether oxygens (including phenoxy) is 2. The minimum absolute atomic E-state index is 0.138. The first kappa shape index (κ1) is 29.1. The molecule has 6 rings (SSSR count). The van der Waals surface area contributed by atoms with Gasteiger partial charge in [0.15, 0.2) is 4.80 Å². The number of fused-ring (bicyclic) bond motifs is 2. The molecule has 0 bridgehead atoms. The van der Waals surface area contributed by atoms with E-state index in [1.807, 2.05) is 36.4 Å². The van der Waals surface area contributed by atoms with Crippen molar-refractivity contribution in [2.45, 2.75) is 19.9 Å². The van der Waals surface area contributed by atoms with E-state index in [9.17, 15) is 19.7 Å². The maximum atomic E-state index is 14.1. The Labute approximate surface area is 258 Å². The molecule has 3 aromatic carbocycles. The average Bonchev–Trinajstić information content (AvgIpc) is 3.59. The Morgan fingerprint density at radius 1 is 1.18 bits per heavy atom. The highest BCUT2D eigenvalue weighted by atomic mass is 35.5. The maximum absolute atomic E-state index is 14.1. The van der Waals surface area contributed by atoms with Gasteiger partial charge < -0.3 is 13.9 Å². The molecule has 0 saturated heterocycles. The standard InChI is InChI=1S/C32H24ClN3O7S/c1-4-42-31(38)27-17(2)34-32-35(29(27)28-21-8-6-5-7-18(21)9-13-25(28)41-3)30(37)26(44-32)16-20-11-14-24(43-20)22-12-10-19(36(39)40)15-23(22)33/h5-16,29H,4H2,1-3H3/b26-16+/t29-/m0/s1. The average molecular weight is 630 g/mol. The molecule has 1 atom stereocenters. The molecule has 44 heavy (non-hydrogen) atoms. The fourth-order valence-corrected chi connectivity index (χ4v) is 6.62. The molecule has 1 aliphatic heterocycles. The predicted octanol–water partition coefficient (Wildman–Crippen LogP) is 5.78. The maximum Gasteiger partial charge on any atom is 0.338 e. The number of hydrogen-bond donors (Lipinski definition) is 0. The van der Waals surface area contributed by atoms with E-state index < -0.39 is 16.9 Å². The highest BCUT2D eigenvalue weighted by Crippen LogP contribution is 2.40. The third-order valence-electron chi connectivity index (χ3n) is 7.27. The summed E-state index contributed by atoms with van der Waals surface area (Å²) in [7, 11) is 1.55. The third-order valence-corrected chi connectivity index (χ3v) is 8.57. The Bertz CT molecular complexity index is 2200. The number of nitrogens with zero attached hydrogens (tertiary/aromatic N) is 3. The van der Waals surface area contributed by atoms with E-state index in [1.165, 1.54) is 22.8 Å². The number of hydrogen-bond acceptors (Lipinski definition) is 9. The number of carbonyl (C=O) groups is 1. The fraction of sp³-hybridized carbons (Fsp3) is 0.156. The van der Waals surface area contributed by atoms with E-state index >= 15 is 0 Å². The van der Waals surface area contributed by atoms with Crippen LogP contribution in [0.15, 0.2) is 92.2 Å².